The Labute approximate surface area is 180 Å². The fourth-order valence-corrected chi connectivity index (χ4v) is 3.24. The Kier molecular flexibility index (Phi) is 5.93. The van der Waals surface area contributed by atoms with Gasteiger partial charge in [0.15, 0.2) is 0 Å². The summed E-state index contributed by atoms with van der Waals surface area (Å²) < 4.78 is 6.10. The lowest BCUT2D eigenvalue weighted by Gasteiger charge is -2.12. The number of nitrogens with one attached hydrogen (secondary N) is 3. The van der Waals surface area contributed by atoms with Gasteiger partial charge in [0.2, 0.25) is 0 Å². The number of nitrogens with zero attached hydrogens (tertiary/aromatic N) is 3. The molecular formula is C24H22N6O. The molecule has 4 aromatic rings. The second-order valence-electron chi connectivity index (χ2n) is 7.13. The van der Waals surface area contributed by atoms with Gasteiger partial charge in [-0.15, -0.1) is 5.11 Å². The minimum absolute atomic E-state index is 0.0725. The molecule has 0 spiro atoms. The molecule has 154 valence electrons. The Hall–Kier alpha value is -4.13. The van der Waals surface area contributed by atoms with Crippen LogP contribution in [0.1, 0.15) is 17.7 Å². The molecule has 0 atom stereocenters. The zero-order chi connectivity index (χ0) is 21.6. The van der Waals surface area contributed by atoms with Gasteiger partial charge in [-0.25, -0.2) is 15.5 Å². The summed E-state index contributed by atoms with van der Waals surface area (Å²) in [6, 6.07) is 21.5. The average molecular weight is 410 g/mol. The summed E-state index contributed by atoms with van der Waals surface area (Å²) in [4.78, 5) is 9.00. The van der Waals surface area contributed by atoms with Gasteiger partial charge in [0.05, 0.1) is 11.2 Å². The van der Waals surface area contributed by atoms with E-state index in [2.05, 4.69) is 20.4 Å². The maximum absolute atomic E-state index is 7.50. The summed E-state index contributed by atoms with van der Waals surface area (Å²) in [6.07, 6.45) is 2.79. The van der Waals surface area contributed by atoms with E-state index in [0.29, 0.717) is 30.2 Å². The van der Waals surface area contributed by atoms with Crippen molar-refractivity contribution in [3.05, 3.63) is 84.2 Å². The van der Waals surface area contributed by atoms with E-state index in [0.717, 1.165) is 27.8 Å². The Morgan fingerprint density at radius 3 is 2.81 bits per heavy atom. The highest BCUT2D eigenvalue weighted by Gasteiger charge is 2.07. The van der Waals surface area contributed by atoms with Crippen LogP contribution >= 0.6 is 0 Å². The summed E-state index contributed by atoms with van der Waals surface area (Å²) in [5.74, 6) is 2.11. The van der Waals surface area contributed by atoms with Gasteiger partial charge in [0, 0.05) is 29.8 Å². The molecule has 0 unspecified atom stereocenters. The monoisotopic (exact) mass is 410 g/mol. The molecule has 0 amide bonds. The van der Waals surface area contributed by atoms with E-state index in [9.17, 15) is 0 Å². The highest BCUT2D eigenvalue weighted by Crippen LogP contribution is 2.29. The summed E-state index contributed by atoms with van der Waals surface area (Å²) in [5, 5.41) is 15.0. The van der Waals surface area contributed by atoms with E-state index in [1.807, 2.05) is 73.7 Å². The molecule has 0 aliphatic rings. The van der Waals surface area contributed by atoms with Crippen LogP contribution in [-0.4, -0.2) is 15.8 Å². The van der Waals surface area contributed by atoms with Gasteiger partial charge in [-0.2, -0.15) is 0 Å². The molecule has 0 saturated heterocycles. The van der Waals surface area contributed by atoms with Crippen LogP contribution < -0.4 is 10.1 Å². The Balaban J connectivity index is 1.50. The predicted molar refractivity (Wildman–Crippen MR) is 122 cm³/mol. The Morgan fingerprint density at radius 2 is 1.94 bits per heavy atom. The summed E-state index contributed by atoms with van der Waals surface area (Å²) in [7, 11) is 0. The van der Waals surface area contributed by atoms with Gasteiger partial charge in [0.25, 0.3) is 0 Å². The summed E-state index contributed by atoms with van der Waals surface area (Å²) in [5.41, 5.74) is 10.6. The quantitative estimate of drug-likeness (QED) is 0.186. The van der Waals surface area contributed by atoms with Crippen molar-refractivity contribution in [1.82, 2.24) is 9.97 Å². The van der Waals surface area contributed by atoms with E-state index in [1.54, 1.807) is 6.20 Å². The Bertz CT molecular complexity index is 1250. The van der Waals surface area contributed by atoms with Crippen LogP contribution in [0.25, 0.3) is 10.9 Å². The number of rotatable bonds is 7. The number of aryl methyl sites for hydroxylation is 2. The van der Waals surface area contributed by atoms with Crippen molar-refractivity contribution in [1.29, 1.82) is 10.9 Å². The number of pyridine rings is 2. The molecule has 2 aromatic carbocycles. The summed E-state index contributed by atoms with van der Waals surface area (Å²) >= 11 is 0. The standard InChI is InChI=1S/C24H22N6O/c1-16-22(14-18-6-2-3-8-21(18)28-16)31-20-11-12-27-24(15-20)29-19-7-4-5-17(13-19)9-10-23(25)30-26/h2-8,11-15,25-26H,9-10H2,1H3,(H,27,29). The lowest BCUT2D eigenvalue weighted by molar-refractivity contribution is 0.476. The van der Waals surface area contributed by atoms with E-state index in [4.69, 9.17) is 15.7 Å². The van der Waals surface area contributed by atoms with E-state index < -0.39 is 0 Å². The predicted octanol–water partition coefficient (Wildman–Crippen LogP) is 6.41. The molecule has 0 fully saturated rings. The zero-order valence-corrected chi connectivity index (χ0v) is 17.1. The average Bonchev–Trinajstić information content (AvgIpc) is 2.78. The van der Waals surface area contributed by atoms with Crippen LogP contribution in [0.15, 0.2) is 78.0 Å². The van der Waals surface area contributed by atoms with E-state index in [-0.39, 0.29) is 5.84 Å². The van der Waals surface area contributed by atoms with Gasteiger partial charge in [-0.1, -0.05) is 30.3 Å². The first kappa shape index (κ1) is 20.2. The van der Waals surface area contributed by atoms with Crippen molar-refractivity contribution in [3.8, 4) is 11.5 Å². The van der Waals surface area contributed by atoms with Gasteiger partial charge in [-0.05, 0) is 49.2 Å². The van der Waals surface area contributed by atoms with Crippen molar-refractivity contribution in [2.24, 2.45) is 5.11 Å². The van der Waals surface area contributed by atoms with Gasteiger partial charge >= 0.3 is 0 Å². The van der Waals surface area contributed by atoms with Crippen molar-refractivity contribution in [2.75, 3.05) is 5.32 Å². The zero-order valence-electron chi connectivity index (χ0n) is 17.1. The second kappa shape index (κ2) is 9.13. The van der Waals surface area contributed by atoms with Crippen LogP contribution in [0.5, 0.6) is 11.5 Å². The fourth-order valence-electron chi connectivity index (χ4n) is 3.24. The number of hydrogen-bond acceptors (Lipinski definition) is 6. The van der Waals surface area contributed by atoms with Crippen LogP contribution in [0.4, 0.5) is 11.5 Å². The third-order valence-electron chi connectivity index (χ3n) is 4.81. The number of aromatic nitrogens is 2. The molecule has 7 heteroatoms. The molecule has 2 heterocycles. The van der Waals surface area contributed by atoms with Crippen LogP contribution in [0.3, 0.4) is 0 Å². The number of hydrogen-bond donors (Lipinski definition) is 3. The minimum atomic E-state index is 0.0725. The number of para-hydroxylation sites is 1. The van der Waals surface area contributed by atoms with Crippen molar-refractivity contribution in [2.45, 2.75) is 19.8 Å². The molecule has 0 radical (unpaired) electrons. The topological polar surface area (TPSA) is 107 Å². The van der Waals surface area contributed by atoms with Crippen molar-refractivity contribution >= 4 is 28.2 Å². The molecule has 0 saturated carbocycles. The smallest absolute Gasteiger partial charge is 0.149 e. The largest absolute Gasteiger partial charge is 0.455 e. The van der Waals surface area contributed by atoms with Crippen LogP contribution in [-0.2, 0) is 6.42 Å². The molecule has 4 rings (SSSR count). The number of benzene rings is 2. The Morgan fingerprint density at radius 1 is 1.06 bits per heavy atom. The molecule has 31 heavy (non-hydrogen) atoms. The molecule has 7 nitrogen and oxygen atoms in total. The number of amidine groups is 1. The van der Waals surface area contributed by atoms with Crippen LogP contribution in [0.2, 0.25) is 0 Å². The van der Waals surface area contributed by atoms with Crippen LogP contribution in [0, 0.1) is 17.9 Å². The molecule has 0 aliphatic heterocycles. The normalized spacial score (nSPS) is 10.6. The molecule has 3 N–H and O–H groups in total. The van der Waals surface area contributed by atoms with Gasteiger partial charge in [-0.3, -0.25) is 5.41 Å². The maximum Gasteiger partial charge on any atom is 0.149 e. The van der Waals surface area contributed by atoms with Gasteiger partial charge < -0.3 is 10.1 Å². The second-order valence-corrected chi connectivity index (χ2v) is 7.13. The lowest BCUT2D eigenvalue weighted by atomic mass is 10.1. The SMILES string of the molecule is Cc1nc2ccccc2cc1Oc1ccnc(Nc2cccc(CCC(=N)N=N)c2)c1. The first-order chi connectivity index (χ1) is 15.1. The summed E-state index contributed by atoms with van der Waals surface area (Å²) in [6.45, 7) is 1.93. The number of anilines is 2. The number of fused-ring (bicyclic) bond motifs is 1. The lowest BCUT2D eigenvalue weighted by Crippen LogP contribution is -1.98. The highest BCUT2D eigenvalue weighted by atomic mass is 16.5. The van der Waals surface area contributed by atoms with Crippen molar-refractivity contribution in [3.63, 3.8) is 0 Å². The molecule has 0 bridgehead atoms. The molecule has 0 aliphatic carbocycles. The van der Waals surface area contributed by atoms with E-state index >= 15 is 0 Å². The van der Waals surface area contributed by atoms with Crippen molar-refractivity contribution < 1.29 is 4.74 Å². The first-order valence-corrected chi connectivity index (χ1v) is 9.92. The minimum Gasteiger partial charge on any atom is -0.455 e. The number of ether oxygens (including phenoxy) is 1. The van der Waals surface area contributed by atoms with E-state index in [1.165, 1.54) is 0 Å². The van der Waals surface area contributed by atoms with Gasteiger partial charge in [0.1, 0.15) is 23.2 Å². The third kappa shape index (κ3) is 5.08. The fraction of sp³-hybridized carbons (Fsp3) is 0.125. The molecule has 2 aromatic heterocycles. The highest BCUT2D eigenvalue weighted by molar-refractivity contribution is 5.80. The third-order valence-corrected chi connectivity index (χ3v) is 4.81. The first-order valence-electron chi connectivity index (χ1n) is 9.92. The molecular weight excluding hydrogens is 388 g/mol. The maximum atomic E-state index is 7.50.